The van der Waals surface area contributed by atoms with Crippen molar-refractivity contribution in [2.24, 2.45) is 5.92 Å². The van der Waals surface area contributed by atoms with Gasteiger partial charge in [-0.3, -0.25) is 4.89 Å². The first-order valence-electron chi connectivity index (χ1n) is 4.28. The minimum Gasteiger partial charge on any atom is -0.479 e. The molecule has 0 aromatic carbocycles. The molecule has 0 saturated carbocycles. The summed E-state index contributed by atoms with van der Waals surface area (Å²) < 4.78 is 4.94. The summed E-state index contributed by atoms with van der Waals surface area (Å²) in [6, 6.07) is 0. The largest absolute Gasteiger partial charge is 0.479 e. The number of ether oxygens (including phenoxy) is 1. The van der Waals surface area contributed by atoms with Gasteiger partial charge in [-0.25, -0.2) is 9.59 Å². The third-order valence-corrected chi connectivity index (χ3v) is 2.19. The maximum Gasteiger partial charge on any atom is 0.370 e. The highest BCUT2D eigenvalue weighted by molar-refractivity contribution is 5.76. The smallest absolute Gasteiger partial charge is 0.370 e. The van der Waals surface area contributed by atoms with Crippen LogP contribution in [0.4, 0.5) is 0 Å². The van der Waals surface area contributed by atoms with Gasteiger partial charge in [-0.05, 0) is 18.8 Å². The lowest BCUT2D eigenvalue weighted by molar-refractivity contribution is -0.250. The van der Waals surface area contributed by atoms with Crippen molar-refractivity contribution < 1.29 is 29.6 Å². The predicted molar refractivity (Wildman–Crippen MR) is 43.4 cm³/mol. The lowest BCUT2D eigenvalue weighted by atomic mass is 9.93. The second-order valence-corrected chi connectivity index (χ2v) is 3.44. The fourth-order valence-corrected chi connectivity index (χ4v) is 1.51. The summed E-state index contributed by atoms with van der Waals surface area (Å²) in [7, 11) is 0. The molecule has 6 heteroatoms. The number of aliphatic carboxylic acids is 1. The first-order valence-corrected chi connectivity index (χ1v) is 4.28. The quantitative estimate of drug-likeness (QED) is 0.495. The van der Waals surface area contributed by atoms with Gasteiger partial charge in [-0.1, -0.05) is 6.92 Å². The van der Waals surface area contributed by atoms with Crippen LogP contribution in [0.1, 0.15) is 19.8 Å². The Morgan fingerprint density at radius 2 is 1.93 bits per heavy atom. The molecule has 1 saturated heterocycles. The van der Waals surface area contributed by atoms with Crippen molar-refractivity contribution in [2.75, 3.05) is 0 Å². The highest BCUT2D eigenvalue weighted by atomic mass is 17.1. The van der Waals surface area contributed by atoms with E-state index in [1.165, 1.54) is 0 Å². The molecule has 6 nitrogen and oxygen atoms in total. The fraction of sp³-hybridized carbons (Fsp3) is 0.750. The fourth-order valence-electron chi connectivity index (χ4n) is 1.51. The van der Waals surface area contributed by atoms with Gasteiger partial charge in [0.15, 0.2) is 12.2 Å². The SMILES string of the molecule is CC1CC(C(=O)O)OC(C(=O)OO)C1. The van der Waals surface area contributed by atoms with Crippen molar-refractivity contribution >= 4 is 11.9 Å². The van der Waals surface area contributed by atoms with E-state index in [1.54, 1.807) is 0 Å². The molecule has 1 rings (SSSR count). The average molecular weight is 204 g/mol. The number of rotatable bonds is 2. The Hall–Kier alpha value is -1.14. The molecule has 0 spiro atoms. The molecule has 1 aliphatic heterocycles. The highest BCUT2D eigenvalue weighted by Gasteiger charge is 2.36. The lowest BCUT2D eigenvalue weighted by Gasteiger charge is -2.29. The Bertz CT molecular complexity index is 238. The van der Waals surface area contributed by atoms with Crippen molar-refractivity contribution in [3.63, 3.8) is 0 Å². The van der Waals surface area contributed by atoms with Gasteiger partial charge in [-0.15, -0.1) is 0 Å². The summed E-state index contributed by atoms with van der Waals surface area (Å²) in [6.07, 6.45) is -1.25. The monoisotopic (exact) mass is 204 g/mol. The van der Waals surface area contributed by atoms with Gasteiger partial charge in [0, 0.05) is 0 Å². The van der Waals surface area contributed by atoms with Crippen molar-refractivity contribution in [1.82, 2.24) is 0 Å². The molecule has 2 N–H and O–H groups in total. The van der Waals surface area contributed by atoms with E-state index in [4.69, 9.17) is 15.1 Å². The molecule has 3 atom stereocenters. The van der Waals surface area contributed by atoms with Crippen molar-refractivity contribution in [3.05, 3.63) is 0 Å². The van der Waals surface area contributed by atoms with Crippen LogP contribution >= 0.6 is 0 Å². The van der Waals surface area contributed by atoms with Gasteiger partial charge in [0.2, 0.25) is 0 Å². The van der Waals surface area contributed by atoms with E-state index < -0.39 is 24.1 Å². The van der Waals surface area contributed by atoms with Crippen LogP contribution in [-0.2, 0) is 19.2 Å². The molecule has 3 unspecified atom stereocenters. The zero-order valence-corrected chi connectivity index (χ0v) is 7.67. The van der Waals surface area contributed by atoms with E-state index in [1.807, 2.05) is 6.92 Å². The number of carbonyl (C=O) groups is 2. The molecule has 0 amide bonds. The molecule has 0 aromatic heterocycles. The third-order valence-electron chi connectivity index (χ3n) is 2.19. The van der Waals surface area contributed by atoms with Crippen LogP contribution in [0.15, 0.2) is 0 Å². The van der Waals surface area contributed by atoms with Crippen LogP contribution in [0.2, 0.25) is 0 Å². The van der Waals surface area contributed by atoms with E-state index >= 15 is 0 Å². The Morgan fingerprint density at radius 1 is 1.36 bits per heavy atom. The number of carbonyl (C=O) groups excluding carboxylic acids is 1. The van der Waals surface area contributed by atoms with E-state index in [0.717, 1.165) is 0 Å². The summed E-state index contributed by atoms with van der Waals surface area (Å²) in [5.41, 5.74) is 0. The van der Waals surface area contributed by atoms with Crippen LogP contribution in [0, 0.1) is 5.92 Å². The number of carboxylic acid groups (broad SMARTS) is 1. The normalized spacial score (nSPS) is 32.3. The minimum absolute atomic E-state index is 0.0500. The molecular formula is C8H12O6. The Morgan fingerprint density at radius 3 is 2.43 bits per heavy atom. The number of hydrogen-bond acceptors (Lipinski definition) is 5. The maximum absolute atomic E-state index is 10.9. The highest BCUT2D eigenvalue weighted by Crippen LogP contribution is 2.25. The second-order valence-electron chi connectivity index (χ2n) is 3.44. The topological polar surface area (TPSA) is 93.1 Å². The molecule has 0 bridgehead atoms. The van der Waals surface area contributed by atoms with E-state index in [0.29, 0.717) is 12.8 Å². The molecule has 1 heterocycles. The summed E-state index contributed by atoms with van der Waals surface area (Å²) in [6.45, 7) is 1.82. The van der Waals surface area contributed by atoms with E-state index in [-0.39, 0.29) is 5.92 Å². The molecule has 80 valence electrons. The molecular weight excluding hydrogens is 192 g/mol. The summed E-state index contributed by atoms with van der Waals surface area (Å²) in [4.78, 5) is 25.0. The van der Waals surface area contributed by atoms with Crippen molar-refractivity contribution in [2.45, 2.75) is 32.0 Å². The van der Waals surface area contributed by atoms with E-state index in [9.17, 15) is 9.59 Å². The van der Waals surface area contributed by atoms with Gasteiger partial charge in [0.1, 0.15) is 0 Å². The van der Waals surface area contributed by atoms with Gasteiger partial charge >= 0.3 is 11.9 Å². The third kappa shape index (κ3) is 2.43. The van der Waals surface area contributed by atoms with Gasteiger partial charge in [0.25, 0.3) is 0 Å². The van der Waals surface area contributed by atoms with Crippen LogP contribution in [0.3, 0.4) is 0 Å². The number of hydrogen-bond donors (Lipinski definition) is 2. The zero-order chi connectivity index (χ0) is 10.7. The molecule has 14 heavy (non-hydrogen) atoms. The average Bonchev–Trinajstić information content (AvgIpc) is 2.15. The first kappa shape index (κ1) is 10.9. The first-order chi connectivity index (χ1) is 6.54. The lowest BCUT2D eigenvalue weighted by Crippen LogP contribution is -2.41. The Kier molecular flexibility index (Phi) is 3.43. The maximum atomic E-state index is 10.9. The van der Waals surface area contributed by atoms with E-state index in [2.05, 4.69) is 4.89 Å². The standard InChI is InChI=1S/C8H12O6/c1-4-2-5(7(9)10)13-6(3-4)8(11)14-12/h4-6,12H,2-3H2,1H3,(H,9,10). The summed E-state index contributed by atoms with van der Waals surface area (Å²) in [5.74, 6) is -2.00. The Balaban J connectivity index is 2.62. The van der Waals surface area contributed by atoms with Crippen LogP contribution in [-0.4, -0.2) is 34.5 Å². The number of carboxylic acids is 1. The van der Waals surface area contributed by atoms with Crippen LogP contribution < -0.4 is 0 Å². The van der Waals surface area contributed by atoms with Gasteiger partial charge < -0.3 is 9.84 Å². The second kappa shape index (κ2) is 4.39. The zero-order valence-electron chi connectivity index (χ0n) is 7.67. The summed E-state index contributed by atoms with van der Waals surface area (Å²) >= 11 is 0. The molecule has 1 fully saturated rings. The van der Waals surface area contributed by atoms with Crippen molar-refractivity contribution in [3.8, 4) is 0 Å². The molecule has 0 aromatic rings. The van der Waals surface area contributed by atoms with Crippen LogP contribution in [0.5, 0.6) is 0 Å². The molecule has 0 radical (unpaired) electrons. The van der Waals surface area contributed by atoms with Crippen molar-refractivity contribution in [1.29, 1.82) is 0 Å². The minimum atomic E-state index is -1.10. The molecule has 0 aliphatic carbocycles. The Labute approximate surface area is 80.4 Å². The van der Waals surface area contributed by atoms with Crippen LogP contribution in [0.25, 0.3) is 0 Å². The predicted octanol–water partition coefficient (Wildman–Crippen LogP) is 0.271. The van der Waals surface area contributed by atoms with Gasteiger partial charge in [0.05, 0.1) is 0 Å². The molecule has 1 aliphatic rings. The van der Waals surface area contributed by atoms with Gasteiger partial charge in [-0.2, -0.15) is 5.26 Å². The summed E-state index contributed by atoms with van der Waals surface area (Å²) in [5, 5.41) is 16.8.